The summed E-state index contributed by atoms with van der Waals surface area (Å²) in [5.74, 6) is 0. The van der Waals surface area contributed by atoms with Gasteiger partial charge >= 0.3 is 0 Å². The summed E-state index contributed by atoms with van der Waals surface area (Å²) in [6, 6.07) is 12.4. The largest absolute Gasteiger partial charge is 0.327 e. The van der Waals surface area contributed by atoms with E-state index in [1.165, 1.54) is 6.07 Å². The summed E-state index contributed by atoms with van der Waals surface area (Å²) in [5, 5.41) is 11.7. The fourth-order valence-corrected chi connectivity index (χ4v) is 2.64. The van der Waals surface area contributed by atoms with Crippen molar-refractivity contribution in [1.82, 2.24) is 14.5 Å². The molecule has 0 aliphatic carbocycles. The molecule has 102 valence electrons. The van der Waals surface area contributed by atoms with Gasteiger partial charge in [0, 0.05) is 24.6 Å². The SMILES string of the molecule is Cn1c2ccc([N+](=O)[O-])cc2c2nc3ccccc3nc21. The summed E-state index contributed by atoms with van der Waals surface area (Å²) in [7, 11) is 1.89. The number of para-hydroxylation sites is 2. The summed E-state index contributed by atoms with van der Waals surface area (Å²) in [4.78, 5) is 19.8. The number of aromatic nitrogens is 3. The molecule has 0 aliphatic heterocycles. The summed E-state index contributed by atoms with van der Waals surface area (Å²) < 4.78 is 1.91. The smallest absolute Gasteiger partial charge is 0.270 e. The van der Waals surface area contributed by atoms with Gasteiger partial charge in [-0.2, -0.15) is 0 Å². The van der Waals surface area contributed by atoms with E-state index >= 15 is 0 Å². The maximum absolute atomic E-state index is 11.0. The maximum Gasteiger partial charge on any atom is 0.270 e. The van der Waals surface area contributed by atoms with E-state index in [0.717, 1.165) is 27.6 Å². The van der Waals surface area contributed by atoms with Crippen LogP contribution in [-0.2, 0) is 7.05 Å². The van der Waals surface area contributed by atoms with Crippen LogP contribution >= 0.6 is 0 Å². The molecule has 2 aromatic heterocycles. The molecule has 0 atom stereocenters. The van der Waals surface area contributed by atoms with Gasteiger partial charge in [-0.05, 0) is 18.2 Å². The van der Waals surface area contributed by atoms with Crippen molar-refractivity contribution >= 4 is 38.8 Å². The molecule has 0 amide bonds. The molecule has 0 bridgehead atoms. The molecule has 4 aromatic rings. The zero-order chi connectivity index (χ0) is 14.6. The van der Waals surface area contributed by atoms with Gasteiger partial charge in [0.15, 0.2) is 5.65 Å². The van der Waals surface area contributed by atoms with Gasteiger partial charge in [0.25, 0.3) is 5.69 Å². The summed E-state index contributed by atoms with van der Waals surface area (Å²) >= 11 is 0. The maximum atomic E-state index is 11.0. The van der Waals surface area contributed by atoms with Gasteiger partial charge < -0.3 is 4.57 Å². The van der Waals surface area contributed by atoms with Crippen LogP contribution in [0.1, 0.15) is 0 Å². The van der Waals surface area contributed by atoms with Gasteiger partial charge in [0.1, 0.15) is 5.52 Å². The van der Waals surface area contributed by atoms with E-state index in [1.807, 2.05) is 35.9 Å². The highest BCUT2D eigenvalue weighted by Gasteiger charge is 2.15. The average molecular weight is 278 g/mol. The van der Waals surface area contributed by atoms with Crippen LogP contribution < -0.4 is 0 Å². The summed E-state index contributed by atoms with van der Waals surface area (Å²) in [5.41, 5.74) is 3.95. The molecule has 2 aromatic carbocycles. The minimum Gasteiger partial charge on any atom is -0.327 e. The molecular formula is C15H10N4O2. The number of aryl methyl sites for hydroxylation is 1. The van der Waals surface area contributed by atoms with Crippen LogP contribution in [0.25, 0.3) is 33.1 Å². The van der Waals surface area contributed by atoms with Crippen molar-refractivity contribution in [3.63, 3.8) is 0 Å². The number of hydrogen-bond donors (Lipinski definition) is 0. The zero-order valence-corrected chi connectivity index (χ0v) is 11.1. The first-order chi connectivity index (χ1) is 10.1. The number of fused-ring (bicyclic) bond motifs is 4. The van der Waals surface area contributed by atoms with Crippen LogP contribution in [0.3, 0.4) is 0 Å². The molecule has 0 unspecified atom stereocenters. The van der Waals surface area contributed by atoms with Crippen LogP contribution in [0.5, 0.6) is 0 Å². The molecule has 0 spiro atoms. The van der Waals surface area contributed by atoms with Gasteiger partial charge in [0.2, 0.25) is 0 Å². The van der Waals surface area contributed by atoms with Crippen LogP contribution in [0, 0.1) is 10.1 Å². The van der Waals surface area contributed by atoms with Gasteiger partial charge in [-0.15, -0.1) is 0 Å². The first kappa shape index (κ1) is 11.8. The second kappa shape index (κ2) is 3.99. The topological polar surface area (TPSA) is 73.8 Å². The third-order valence-electron chi connectivity index (χ3n) is 3.68. The van der Waals surface area contributed by atoms with Gasteiger partial charge in [-0.1, -0.05) is 12.1 Å². The predicted octanol–water partition coefficient (Wildman–Crippen LogP) is 3.18. The highest BCUT2D eigenvalue weighted by atomic mass is 16.6. The van der Waals surface area contributed by atoms with E-state index in [-0.39, 0.29) is 5.69 Å². The molecule has 0 saturated carbocycles. The zero-order valence-electron chi connectivity index (χ0n) is 11.1. The van der Waals surface area contributed by atoms with Crippen LogP contribution in [0.4, 0.5) is 5.69 Å². The predicted molar refractivity (Wildman–Crippen MR) is 80.2 cm³/mol. The van der Waals surface area contributed by atoms with Crippen molar-refractivity contribution in [3.05, 3.63) is 52.6 Å². The lowest BCUT2D eigenvalue weighted by molar-refractivity contribution is -0.384. The normalized spacial score (nSPS) is 11.5. The van der Waals surface area contributed by atoms with Crippen molar-refractivity contribution in [2.75, 3.05) is 0 Å². The van der Waals surface area contributed by atoms with Crippen molar-refractivity contribution in [2.45, 2.75) is 0 Å². The second-order valence-electron chi connectivity index (χ2n) is 4.90. The lowest BCUT2D eigenvalue weighted by Crippen LogP contribution is -1.91. The highest BCUT2D eigenvalue weighted by molar-refractivity contribution is 6.07. The lowest BCUT2D eigenvalue weighted by Gasteiger charge is -1.98. The third kappa shape index (κ3) is 1.59. The third-order valence-corrected chi connectivity index (χ3v) is 3.68. The molecule has 21 heavy (non-hydrogen) atoms. The van der Waals surface area contributed by atoms with Gasteiger partial charge in [-0.25, -0.2) is 9.97 Å². The molecule has 4 rings (SSSR count). The Bertz CT molecular complexity index is 1040. The Labute approximate surface area is 118 Å². The number of rotatable bonds is 1. The van der Waals surface area contributed by atoms with E-state index < -0.39 is 4.92 Å². The highest BCUT2D eigenvalue weighted by Crippen LogP contribution is 2.29. The Hall–Kier alpha value is -3.02. The Kier molecular flexibility index (Phi) is 2.24. The van der Waals surface area contributed by atoms with Crippen LogP contribution in [-0.4, -0.2) is 19.5 Å². The number of nitro groups is 1. The number of nitro benzene ring substituents is 1. The Balaban J connectivity index is 2.21. The van der Waals surface area contributed by atoms with E-state index in [0.29, 0.717) is 5.52 Å². The molecule has 6 nitrogen and oxygen atoms in total. The van der Waals surface area contributed by atoms with E-state index in [1.54, 1.807) is 12.1 Å². The Morgan fingerprint density at radius 3 is 2.52 bits per heavy atom. The molecule has 0 fully saturated rings. The number of nitrogens with zero attached hydrogens (tertiary/aromatic N) is 4. The molecule has 0 aliphatic rings. The molecule has 2 heterocycles. The first-order valence-corrected chi connectivity index (χ1v) is 6.44. The quantitative estimate of drug-likeness (QED) is 0.396. The Morgan fingerprint density at radius 2 is 1.81 bits per heavy atom. The molecule has 0 saturated heterocycles. The van der Waals surface area contributed by atoms with Crippen LogP contribution in [0.2, 0.25) is 0 Å². The van der Waals surface area contributed by atoms with Crippen LogP contribution in [0.15, 0.2) is 42.5 Å². The van der Waals surface area contributed by atoms with E-state index in [9.17, 15) is 10.1 Å². The molecular weight excluding hydrogens is 268 g/mol. The fraction of sp³-hybridized carbons (Fsp3) is 0.0667. The monoisotopic (exact) mass is 278 g/mol. The molecule has 6 heteroatoms. The summed E-state index contributed by atoms with van der Waals surface area (Å²) in [6.07, 6.45) is 0. The minimum atomic E-state index is -0.396. The molecule has 0 radical (unpaired) electrons. The van der Waals surface area contributed by atoms with Crippen molar-refractivity contribution < 1.29 is 4.92 Å². The minimum absolute atomic E-state index is 0.0601. The van der Waals surface area contributed by atoms with Crippen molar-refractivity contribution in [2.24, 2.45) is 7.05 Å². The molecule has 0 N–H and O–H groups in total. The average Bonchev–Trinajstić information content (AvgIpc) is 2.77. The number of hydrogen-bond acceptors (Lipinski definition) is 4. The number of benzene rings is 2. The lowest BCUT2D eigenvalue weighted by atomic mass is 10.2. The van der Waals surface area contributed by atoms with Gasteiger partial charge in [-0.3, -0.25) is 10.1 Å². The van der Waals surface area contributed by atoms with Gasteiger partial charge in [0.05, 0.1) is 21.5 Å². The first-order valence-electron chi connectivity index (χ1n) is 6.44. The second-order valence-corrected chi connectivity index (χ2v) is 4.90. The van der Waals surface area contributed by atoms with E-state index in [4.69, 9.17) is 0 Å². The Morgan fingerprint density at radius 1 is 1.10 bits per heavy atom. The van der Waals surface area contributed by atoms with Crippen molar-refractivity contribution in [1.29, 1.82) is 0 Å². The fourth-order valence-electron chi connectivity index (χ4n) is 2.64. The van der Waals surface area contributed by atoms with Crippen molar-refractivity contribution in [3.8, 4) is 0 Å². The summed E-state index contributed by atoms with van der Waals surface area (Å²) in [6.45, 7) is 0. The van der Waals surface area contributed by atoms with E-state index in [2.05, 4.69) is 9.97 Å². The number of non-ortho nitro benzene ring substituents is 1. The standard InChI is InChI=1S/C15H10N4O2/c1-18-13-7-6-9(19(20)21)8-10(13)14-15(18)17-12-5-3-2-4-11(12)16-14/h2-8H,1H3.